The number of fused-ring (bicyclic) bond motifs is 3. The topological polar surface area (TPSA) is 25.8 Å². The second-order valence-corrected chi connectivity index (χ2v) is 6.33. The van der Waals surface area contributed by atoms with E-state index in [1.165, 1.54) is 0 Å². The SMILES string of the molecule is [Cl-].[Cl-].[Pd+2].c1ccc(-c2ccc3ccc4ccc(-c5ccccc5)nc4c3n2)cc1. The van der Waals surface area contributed by atoms with Gasteiger partial charge in [0.1, 0.15) is 0 Å². The van der Waals surface area contributed by atoms with Crippen molar-refractivity contribution in [2.24, 2.45) is 0 Å². The summed E-state index contributed by atoms with van der Waals surface area (Å²) in [6.45, 7) is 0. The molecule has 0 amide bonds. The zero-order chi connectivity index (χ0) is 17.3. The van der Waals surface area contributed by atoms with Crippen molar-refractivity contribution in [2.75, 3.05) is 0 Å². The summed E-state index contributed by atoms with van der Waals surface area (Å²) in [6, 6.07) is 33.2. The smallest absolute Gasteiger partial charge is 1.00 e. The average molecular weight is 510 g/mol. The van der Waals surface area contributed by atoms with Crippen molar-refractivity contribution in [3.8, 4) is 22.5 Å². The van der Waals surface area contributed by atoms with Gasteiger partial charge in [0.15, 0.2) is 0 Å². The number of nitrogens with zero attached hydrogens (tertiary/aromatic N) is 2. The van der Waals surface area contributed by atoms with Crippen LogP contribution in [0.25, 0.3) is 44.3 Å². The molecule has 2 heterocycles. The minimum atomic E-state index is 0. The molecule has 0 fully saturated rings. The molecule has 29 heavy (non-hydrogen) atoms. The van der Waals surface area contributed by atoms with Crippen molar-refractivity contribution in [3.05, 3.63) is 97.1 Å². The van der Waals surface area contributed by atoms with Crippen LogP contribution in [0.3, 0.4) is 0 Å². The Bertz CT molecular complexity index is 1130. The first-order valence-electron chi connectivity index (χ1n) is 8.70. The van der Waals surface area contributed by atoms with Gasteiger partial charge in [-0.2, -0.15) is 0 Å². The summed E-state index contributed by atoms with van der Waals surface area (Å²) in [6.07, 6.45) is 0. The maximum absolute atomic E-state index is 4.95. The minimum absolute atomic E-state index is 0. The molecular weight excluding hydrogens is 494 g/mol. The van der Waals surface area contributed by atoms with E-state index in [2.05, 4.69) is 60.7 Å². The Kier molecular flexibility index (Phi) is 7.90. The van der Waals surface area contributed by atoms with Crippen LogP contribution in [0.1, 0.15) is 0 Å². The van der Waals surface area contributed by atoms with Crippen LogP contribution in [0.5, 0.6) is 0 Å². The molecule has 5 heteroatoms. The third kappa shape index (κ3) is 4.50. The predicted octanol–water partition coefficient (Wildman–Crippen LogP) is 0.123. The molecule has 0 radical (unpaired) electrons. The molecule has 3 aromatic carbocycles. The Morgan fingerprint density at radius 2 is 0.759 bits per heavy atom. The average Bonchev–Trinajstić information content (AvgIpc) is 2.74. The number of hydrogen-bond donors (Lipinski definition) is 0. The summed E-state index contributed by atoms with van der Waals surface area (Å²) >= 11 is 0. The first kappa shape index (κ1) is 23.0. The summed E-state index contributed by atoms with van der Waals surface area (Å²) < 4.78 is 0. The van der Waals surface area contributed by atoms with Gasteiger partial charge in [-0.3, -0.25) is 0 Å². The molecule has 0 aliphatic heterocycles. The zero-order valence-corrected chi connectivity index (χ0v) is 18.3. The standard InChI is InChI=1S/C24H16N2.2ClH.Pd/c1-3-7-17(8-4-1)21-15-13-19-11-12-20-14-16-22(18-9-5-2-6-10-18)26-24(20)23(19)25-21;;;/h1-16H;2*1H;/q;;;+2/p-2. The monoisotopic (exact) mass is 508 g/mol. The number of aromatic nitrogens is 2. The number of hydrogen-bond acceptors (Lipinski definition) is 2. The molecule has 5 rings (SSSR count). The molecule has 146 valence electrons. The van der Waals surface area contributed by atoms with Crippen molar-refractivity contribution in [1.29, 1.82) is 0 Å². The molecule has 0 saturated carbocycles. The van der Waals surface area contributed by atoms with Crippen LogP contribution < -0.4 is 24.8 Å². The van der Waals surface area contributed by atoms with Crippen LogP contribution in [0.4, 0.5) is 0 Å². The number of pyridine rings is 2. The number of halogens is 2. The van der Waals surface area contributed by atoms with Crippen molar-refractivity contribution in [2.45, 2.75) is 0 Å². The fourth-order valence-electron chi connectivity index (χ4n) is 3.31. The van der Waals surface area contributed by atoms with Crippen molar-refractivity contribution < 1.29 is 45.2 Å². The minimum Gasteiger partial charge on any atom is -1.00 e. The van der Waals surface area contributed by atoms with Gasteiger partial charge < -0.3 is 24.8 Å². The largest absolute Gasteiger partial charge is 2.00 e. The van der Waals surface area contributed by atoms with Gasteiger partial charge in [0.2, 0.25) is 0 Å². The van der Waals surface area contributed by atoms with Gasteiger partial charge in [-0.05, 0) is 12.1 Å². The maximum atomic E-state index is 4.95. The molecule has 0 bridgehead atoms. The Labute approximate surface area is 195 Å². The quantitative estimate of drug-likeness (QED) is 0.250. The van der Waals surface area contributed by atoms with E-state index < -0.39 is 0 Å². The summed E-state index contributed by atoms with van der Waals surface area (Å²) in [4.78, 5) is 9.89. The molecule has 0 unspecified atom stereocenters. The molecule has 0 atom stereocenters. The normalized spacial score (nSPS) is 9.93. The molecule has 0 aliphatic rings. The van der Waals surface area contributed by atoms with E-state index in [0.29, 0.717) is 0 Å². The van der Waals surface area contributed by atoms with Gasteiger partial charge in [-0.15, -0.1) is 0 Å². The zero-order valence-electron chi connectivity index (χ0n) is 15.2. The predicted molar refractivity (Wildman–Crippen MR) is 108 cm³/mol. The van der Waals surface area contributed by atoms with E-state index in [0.717, 1.165) is 44.3 Å². The molecule has 5 aromatic rings. The summed E-state index contributed by atoms with van der Waals surface area (Å²) in [5.41, 5.74) is 6.06. The van der Waals surface area contributed by atoms with Crippen molar-refractivity contribution in [3.63, 3.8) is 0 Å². The Morgan fingerprint density at radius 1 is 0.414 bits per heavy atom. The summed E-state index contributed by atoms with van der Waals surface area (Å²) in [5.74, 6) is 0. The van der Waals surface area contributed by atoms with Gasteiger partial charge in [0.05, 0.1) is 22.4 Å². The van der Waals surface area contributed by atoms with E-state index >= 15 is 0 Å². The molecular formula is C24H16Cl2N2Pd. The first-order chi connectivity index (χ1) is 12.9. The fraction of sp³-hybridized carbons (Fsp3) is 0. The molecule has 2 nitrogen and oxygen atoms in total. The van der Waals surface area contributed by atoms with Crippen LogP contribution in [0.15, 0.2) is 97.1 Å². The number of rotatable bonds is 2. The summed E-state index contributed by atoms with van der Waals surface area (Å²) in [7, 11) is 0. The summed E-state index contributed by atoms with van der Waals surface area (Å²) in [5, 5.41) is 2.21. The second-order valence-electron chi connectivity index (χ2n) is 6.33. The first-order valence-corrected chi connectivity index (χ1v) is 8.70. The maximum Gasteiger partial charge on any atom is 2.00 e. The van der Waals surface area contributed by atoms with Crippen LogP contribution in [0, 0.1) is 0 Å². The van der Waals surface area contributed by atoms with Gasteiger partial charge in [-0.1, -0.05) is 84.9 Å². The third-order valence-corrected chi connectivity index (χ3v) is 4.66. The van der Waals surface area contributed by atoms with E-state index in [1.807, 2.05) is 36.4 Å². The Balaban J connectivity index is 0.000001000. The fourth-order valence-corrected chi connectivity index (χ4v) is 3.31. The molecule has 0 N–H and O–H groups in total. The van der Waals surface area contributed by atoms with Crippen LogP contribution in [-0.4, -0.2) is 9.97 Å². The van der Waals surface area contributed by atoms with E-state index in [-0.39, 0.29) is 45.2 Å². The van der Waals surface area contributed by atoms with Crippen molar-refractivity contribution in [1.82, 2.24) is 9.97 Å². The molecule has 0 spiro atoms. The Morgan fingerprint density at radius 3 is 1.14 bits per heavy atom. The van der Waals surface area contributed by atoms with Gasteiger partial charge in [0.25, 0.3) is 0 Å². The van der Waals surface area contributed by atoms with Gasteiger partial charge in [0, 0.05) is 21.9 Å². The van der Waals surface area contributed by atoms with Crippen LogP contribution >= 0.6 is 0 Å². The van der Waals surface area contributed by atoms with Crippen molar-refractivity contribution >= 4 is 21.8 Å². The number of benzene rings is 3. The molecule has 0 aliphatic carbocycles. The Hall–Kier alpha value is -2.28. The second kappa shape index (κ2) is 9.96. The van der Waals surface area contributed by atoms with Crippen LogP contribution in [0.2, 0.25) is 0 Å². The third-order valence-electron chi connectivity index (χ3n) is 4.66. The van der Waals surface area contributed by atoms with E-state index in [1.54, 1.807) is 0 Å². The van der Waals surface area contributed by atoms with E-state index in [4.69, 9.17) is 9.97 Å². The molecule has 0 saturated heterocycles. The van der Waals surface area contributed by atoms with Gasteiger partial charge in [-0.25, -0.2) is 9.97 Å². The van der Waals surface area contributed by atoms with E-state index in [9.17, 15) is 0 Å². The van der Waals surface area contributed by atoms with Gasteiger partial charge >= 0.3 is 20.4 Å². The van der Waals surface area contributed by atoms with Crippen LogP contribution in [-0.2, 0) is 20.4 Å². The molecule has 2 aromatic heterocycles.